The van der Waals surface area contributed by atoms with E-state index in [0.717, 1.165) is 27.4 Å². The zero-order valence-electron chi connectivity index (χ0n) is 14.6. The Kier molecular flexibility index (Phi) is 7.40. The second-order valence-electron chi connectivity index (χ2n) is 5.64. The molecule has 0 heterocycles. The molecule has 0 aliphatic heterocycles. The Morgan fingerprint density at radius 3 is 2.16 bits per heavy atom. The number of anilines is 2. The third-order valence-corrected chi connectivity index (χ3v) is 5.17. The molecule has 6 heteroatoms. The predicted molar refractivity (Wildman–Crippen MR) is 109 cm³/mol. The minimum absolute atomic E-state index is 0.103. The van der Waals surface area contributed by atoms with Crippen LogP contribution in [-0.4, -0.2) is 29.6 Å². The lowest BCUT2D eigenvalue weighted by atomic mass is 10.1. The number of amides is 2. The first-order valence-corrected chi connectivity index (χ1v) is 10.2. The first kappa shape index (κ1) is 19.4. The van der Waals surface area contributed by atoms with E-state index in [0.29, 0.717) is 0 Å². The van der Waals surface area contributed by atoms with E-state index in [4.69, 9.17) is 0 Å². The Morgan fingerprint density at radius 1 is 0.920 bits per heavy atom. The molecule has 0 unspecified atom stereocenters. The summed E-state index contributed by atoms with van der Waals surface area (Å²) in [5.74, 6) is 0.270. The van der Waals surface area contributed by atoms with Crippen LogP contribution in [0.25, 0.3) is 0 Å². The summed E-state index contributed by atoms with van der Waals surface area (Å²) >= 11 is 2.95. The molecule has 0 aliphatic carbocycles. The van der Waals surface area contributed by atoms with E-state index >= 15 is 0 Å². The van der Waals surface area contributed by atoms with Crippen molar-refractivity contribution < 1.29 is 9.59 Å². The second kappa shape index (κ2) is 9.53. The Bertz CT molecular complexity index is 746. The van der Waals surface area contributed by atoms with E-state index in [9.17, 15) is 9.59 Å². The van der Waals surface area contributed by atoms with Gasteiger partial charge in [-0.2, -0.15) is 0 Å². The molecular formula is C19H22N2O2S2. The van der Waals surface area contributed by atoms with Crippen molar-refractivity contribution in [3.63, 3.8) is 0 Å². The summed E-state index contributed by atoms with van der Waals surface area (Å²) in [5, 5.41) is 5.71. The number of thioether (sulfide) groups is 2. The van der Waals surface area contributed by atoms with Gasteiger partial charge < -0.3 is 10.6 Å². The molecule has 0 bridgehead atoms. The van der Waals surface area contributed by atoms with E-state index in [1.54, 1.807) is 11.8 Å². The maximum Gasteiger partial charge on any atom is 0.234 e. The molecule has 132 valence electrons. The fourth-order valence-electron chi connectivity index (χ4n) is 2.25. The fraction of sp³-hybridized carbons (Fsp3) is 0.263. The van der Waals surface area contributed by atoms with E-state index in [1.807, 2.05) is 62.6 Å². The summed E-state index contributed by atoms with van der Waals surface area (Å²) in [6.45, 7) is 3.98. The molecule has 0 aromatic heterocycles. The van der Waals surface area contributed by atoms with Gasteiger partial charge in [0.15, 0.2) is 0 Å². The normalized spacial score (nSPS) is 10.4. The van der Waals surface area contributed by atoms with Crippen LogP contribution in [0, 0.1) is 13.8 Å². The zero-order chi connectivity index (χ0) is 18.2. The van der Waals surface area contributed by atoms with Gasteiger partial charge in [0.05, 0.1) is 11.5 Å². The Labute approximate surface area is 157 Å². The van der Waals surface area contributed by atoms with Gasteiger partial charge in [-0.3, -0.25) is 9.59 Å². The van der Waals surface area contributed by atoms with Gasteiger partial charge in [-0.05, 0) is 56.0 Å². The lowest BCUT2D eigenvalue weighted by Crippen LogP contribution is -2.18. The quantitative estimate of drug-likeness (QED) is 0.708. The summed E-state index contributed by atoms with van der Waals surface area (Å²) in [4.78, 5) is 25.1. The van der Waals surface area contributed by atoms with Crippen LogP contribution in [0.15, 0.2) is 47.4 Å². The summed E-state index contributed by atoms with van der Waals surface area (Å²) < 4.78 is 0. The van der Waals surface area contributed by atoms with Crippen LogP contribution in [0.4, 0.5) is 11.4 Å². The van der Waals surface area contributed by atoms with Gasteiger partial charge in [0.25, 0.3) is 0 Å². The van der Waals surface area contributed by atoms with Crippen molar-refractivity contribution in [3.05, 3.63) is 53.6 Å². The van der Waals surface area contributed by atoms with Crippen molar-refractivity contribution in [2.45, 2.75) is 18.7 Å². The largest absolute Gasteiger partial charge is 0.325 e. The van der Waals surface area contributed by atoms with Crippen LogP contribution >= 0.6 is 23.5 Å². The number of benzene rings is 2. The molecule has 0 saturated heterocycles. The topological polar surface area (TPSA) is 58.2 Å². The fourth-order valence-corrected chi connectivity index (χ4v) is 3.27. The van der Waals surface area contributed by atoms with Crippen LogP contribution in [0.3, 0.4) is 0 Å². The molecule has 0 aliphatic rings. The molecular weight excluding hydrogens is 352 g/mol. The highest BCUT2D eigenvalue weighted by molar-refractivity contribution is 8.00. The predicted octanol–water partition coefficient (Wildman–Crippen LogP) is 4.34. The number of hydrogen-bond donors (Lipinski definition) is 2. The second-order valence-corrected chi connectivity index (χ2v) is 7.50. The molecule has 25 heavy (non-hydrogen) atoms. The third-order valence-electron chi connectivity index (χ3n) is 3.50. The number of aryl methyl sites for hydroxylation is 2. The molecule has 0 atom stereocenters. The number of hydrogen-bond acceptors (Lipinski definition) is 4. The van der Waals surface area contributed by atoms with Crippen LogP contribution in [0.1, 0.15) is 11.1 Å². The maximum atomic E-state index is 12.0. The maximum absolute atomic E-state index is 12.0. The van der Waals surface area contributed by atoms with Gasteiger partial charge in [-0.15, -0.1) is 23.5 Å². The highest BCUT2D eigenvalue weighted by atomic mass is 32.2. The number of nitrogens with one attached hydrogen (secondary N) is 2. The molecule has 2 aromatic rings. The van der Waals surface area contributed by atoms with Gasteiger partial charge >= 0.3 is 0 Å². The highest BCUT2D eigenvalue weighted by Gasteiger charge is 2.08. The standard InChI is InChI=1S/C19H22N2O2S2/c1-13-4-9-17(14(2)10-13)21-19(23)12-25-11-18(22)20-15-5-7-16(24-3)8-6-15/h4-10H,11-12H2,1-3H3,(H,20,22)(H,21,23). The molecule has 2 N–H and O–H groups in total. The monoisotopic (exact) mass is 374 g/mol. The first-order chi connectivity index (χ1) is 12.0. The Morgan fingerprint density at radius 2 is 1.56 bits per heavy atom. The van der Waals surface area contributed by atoms with E-state index in [-0.39, 0.29) is 23.3 Å². The number of carbonyl (C=O) groups excluding carboxylic acids is 2. The summed E-state index contributed by atoms with van der Waals surface area (Å²) in [6, 6.07) is 13.6. The van der Waals surface area contributed by atoms with Gasteiger partial charge in [-0.25, -0.2) is 0 Å². The molecule has 0 fully saturated rings. The smallest absolute Gasteiger partial charge is 0.234 e. The van der Waals surface area contributed by atoms with Crippen LogP contribution in [0.2, 0.25) is 0 Å². The van der Waals surface area contributed by atoms with Gasteiger partial charge in [0.2, 0.25) is 11.8 Å². The van der Waals surface area contributed by atoms with Crippen LogP contribution in [-0.2, 0) is 9.59 Å². The summed E-state index contributed by atoms with van der Waals surface area (Å²) in [7, 11) is 0. The molecule has 4 nitrogen and oxygen atoms in total. The van der Waals surface area contributed by atoms with Crippen LogP contribution in [0.5, 0.6) is 0 Å². The highest BCUT2D eigenvalue weighted by Crippen LogP contribution is 2.18. The molecule has 0 spiro atoms. The van der Waals surface area contributed by atoms with Gasteiger partial charge in [0.1, 0.15) is 0 Å². The summed E-state index contributed by atoms with van der Waals surface area (Å²) in [6.07, 6.45) is 2.01. The van der Waals surface area contributed by atoms with Crippen molar-refractivity contribution >= 4 is 46.7 Å². The Hall–Kier alpha value is -1.92. The van der Waals surface area contributed by atoms with E-state index < -0.39 is 0 Å². The minimum atomic E-state index is -0.110. The van der Waals surface area contributed by atoms with Crippen molar-refractivity contribution in [3.8, 4) is 0 Å². The minimum Gasteiger partial charge on any atom is -0.325 e. The summed E-state index contributed by atoms with van der Waals surface area (Å²) in [5.41, 5.74) is 3.77. The molecule has 0 radical (unpaired) electrons. The van der Waals surface area contributed by atoms with Gasteiger partial charge in [-0.1, -0.05) is 17.7 Å². The third kappa shape index (κ3) is 6.48. The van der Waals surface area contributed by atoms with Crippen molar-refractivity contribution in [1.82, 2.24) is 0 Å². The molecule has 2 aromatic carbocycles. The Balaban J connectivity index is 1.73. The van der Waals surface area contributed by atoms with E-state index in [2.05, 4.69) is 10.6 Å². The first-order valence-electron chi connectivity index (χ1n) is 7.86. The molecule has 0 saturated carbocycles. The number of carbonyl (C=O) groups is 2. The average Bonchev–Trinajstić information content (AvgIpc) is 2.58. The number of rotatable bonds is 7. The van der Waals surface area contributed by atoms with E-state index in [1.165, 1.54) is 11.8 Å². The average molecular weight is 375 g/mol. The van der Waals surface area contributed by atoms with Gasteiger partial charge in [0, 0.05) is 16.3 Å². The lowest BCUT2D eigenvalue weighted by molar-refractivity contribution is -0.114. The van der Waals surface area contributed by atoms with Crippen molar-refractivity contribution in [2.75, 3.05) is 28.4 Å². The zero-order valence-corrected chi connectivity index (χ0v) is 16.2. The van der Waals surface area contributed by atoms with Crippen molar-refractivity contribution in [1.29, 1.82) is 0 Å². The SMILES string of the molecule is CSc1ccc(NC(=O)CSCC(=O)Nc2ccc(C)cc2C)cc1. The van der Waals surface area contributed by atoms with Crippen molar-refractivity contribution in [2.24, 2.45) is 0 Å². The molecule has 2 amide bonds. The lowest BCUT2D eigenvalue weighted by Gasteiger charge is -2.09. The molecule has 2 rings (SSSR count). The van der Waals surface area contributed by atoms with Crippen LogP contribution < -0.4 is 10.6 Å².